The SMILES string of the molecule is CC(C)(c1ccc(OCc2ccnc(N3CCC(N4CCC(OCC#Cc5cccc6c5C(=O)N(C5CCC(=O)NC5=O)C6=O)CC4)CC3)n2)cc1)c1cc(Cl)cc(C#N)c1. The third kappa shape index (κ3) is 9.01. The van der Waals surface area contributed by atoms with Crippen LogP contribution in [0, 0.1) is 23.2 Å². The number of benzene rings is 3. The summed E-state index contributed by atoms with van der Waals surface area (Å²) in [6, 6.07) is 21.9. The van der Waals surface area contributed by atoms with E-state index < -0.39 is 29.7 Å². The van der Waals surface area contributed by atoms with Gasteiger partial charge in [-0.3, -0.25) is 29.4 Å². The number of nitrogens with one attached hydrogen (secondary N) is 1. The van der Waals surface area contributed by atoms with Crippen molar-refractivity contribution in [3.8, 4) is 23.7 Å². The van der Waals surface area contributed by atoms with E-state index in [-0.39, 0.29) is 42.1 Å². The van der Waals surface area contributed by atoms with Crippen LogP contribution >= 0.6 is 11.6 Å². The number of aromatic nitrogens is 2. The molecule has 5 heterocycles. The predicted octanol–water partition coefficient (Wildman–Crippen LogP) is 5.81. The summed E-state index contributed by atoms with van der Waals surface area (Å²) in [6.07, 6.45) is 5.85. The van der Waals surface area contributed by atoms with Crippen LogP contribution in [0.25, 0.3) is 0 Å². The summed E-state index contributed by atoms with van der Waals surface area (Å²) >= 11 is 6.30. The minimum absolute atomic E-state index is 0.0629. The zero-order valence-corrected chi connectivity index (χ0v) is 34.9. The Kier molecular flexibility index (Phi) is 12.2. The number of amides is 4. The number of hydrogen-bond acceptors (Lipinski definition) is 11. The lowest BCUT2D eigenvalue weighted by Gasteiger charge is -2.41. The Hall–Kier alpha value is -6.12. The number of anilines is 1. The van der Waals surface area contributed by atoms with Crippen LogP contribution < -0.4 is 15.0 Å². The van der Waals surface area contributed by atoms with Crippen molar-refractivity contribution in [3.05, 3.63) is 117 Å². The number of carbonyl (C=O) groups excluding carboxylic acids is 4. The van der Waals surface area contributed by atoms with Gasteiger partial charge in [0.05, 0.1) is 34.6 Å². The van der Waals surface area contributed by atoms with Crippen LogP contribution in [0.1, 0.15) is 101 Å². The monoisotopic (exact) mass is 839 g/mol. The van der Waals surface area contributed by atoms with E-state index in [9.17, 15) is 24.4 Å². The fraction of sp³-hybridized carbons (Fsp3) is 0.383. The van der Waals surface area contributed by atoms with Crippen LogP contribution in [0.4, 0.5) is 5.95 Å². The second-order valence-corrected chi connectivity index (χ2v) is 16.8. The molecule has 0 radical (unpaired) electrons. The lowest BCUT2D eigenvalue weighted by atomic mass is 9.78. The molecule has 1 unspecified atom stereocenters. The molecule has 0 aliphatic carbocycles. The Morgan fingerprint density at radius 2 is 1.67 bits per heavy atom. The first kappa shape index (κ1) is 41.6. The molecular weight excluding hydrogens is 794 g/mol. The smallest absolute Gasteiger partial charge is 0.263 e. The molecule has 3 aromatic carbocycles. The Bertz CT molecular complexity index is 2460. The first-order valence-corrected chi connectivity index (χ1v) is 21.1. The zero-order valence-electron chi connectivity index (χ0n) is 34.2. The van der Waals surface area contributed by atoms with E-state index in [2.05, 4.69) is 51.9 Å². The number of piperidine rings is 3. The van der Waals surface area contributed by atoms with Gasteiger partial charge in [-0.25, -0.2) is 9.97 Å². The number of nitriles is 1. The van der Waals surface area contributed by atoms with Crippen molar-refractivity contribution in [2.45, 2.75) is 82.6 Å². The lowest BCUT2D eigenvalue weighted by Crippen LogP contribution is -2.54. The average Bonchev–Trinajstić information content (AvgIpc) is 3.53. The highest BCUT2D eigenvalue weighted by atomic mass is 35.5. The third-order valence-corrected chi connectivity index (χ3v) is 12.5. The Labute approximate surface area is 360 Å². The largest absolute Gasteiger partial charge is 0.487 e. The maximum absolute atomic E-state index is 13.4. The molecule has 4 aliphatic rings. The number of ether oxygens (including phenoxy) is 2. The second kappa shape index (κ2) is 17.8. The summed E-state index contributed by atoms with van der Waals surface area (Å²) in [7, 11) is 0. The van der Waals surface area contributed by atoms with Gasteiger partial charge in [-0.15, -0.1) is 0 Å². The van der Waals surface area contributed by atoms with E-state index in [1.165, 1.54) is 0 Å². The van der Waals surface area contributed by atoms with Crippen LogP contribution in [0.3, 0.4) is 0 Å². The highest BCUT2D eigenvalue weighted by molar-refractivity contribution is 6.30. The summed E-state index contributed by atoms with van der Waals surface area (Å²) in [5.74, 6) is 5.31. The number of carbonyl (C=O) groups is 4. The summed E-state index contributed by atoms with van der Waals surface area (Å²) in [5, 5.41) is 12.2. The van der Waals surface area contributed by atoms with Crippen molar-refractivity contribution in [2.75, 3.05) is 37.7 Å². The van der Waals surface area contributed by atoms with E-state index in [1.54, 1.807) is 30.5 Å². The molecular formula is C47H46ClN7O6. The minimum atomic E-state index is -1.02. The van der Waals surface area contributed by atoms with Crippen LogP contribution in [0.5, 0.6) is 5.75 Å². The Morgan fingerprint density at radius 3 is 2.41 bits per heavy atom. The molecule has 0 bridgehead atoms. The van der Waals surface area contributed by atoms with Gasteiger partial charge in [-0.05, 0) is 91.8 Å². The number of rotatable bonds is 10. The van der Waals surface area contributed by atoms with E-state index in [1.807, 2.05) is 42.5 Å². The summed E-state index contributed by atoms with van der Waals surface area (Å²) < 4.78 is 12.3. The van der Waals surface area contributed by atoms with Gasteiger partial charge < -0.3 is 19.3 Å². The molecule has 1 atom stereocenters. The van der Waals surface area contributed by atoms with Gasteiger partial charge in [0.25, 0.3) is 11.8 Å². The van der Waals surface area contributed by atoms with E-state index in [0.29, 0.717) is 34.7 Å². The van der Waals surface area contributed by atoms with Gasteiger partial charge in [0.1, 0.15) is 25.0 Å². The molecule has 4 aliphatic heterocycles. The Morgan fingerprint density at radius 1 is 0.902 bits per heavy atom. The number of nitrogens with zero attached hydrogens (tertiary/aromatic N) is 6. The molecule has 13 nitrogen and oxygen atoms in total. The van der Waals surface area contributed by atoms with Gasteiger partial charge in [-0.2, -0.15) is 5.26 Å². The Balaban J connectivity index is 0.775. The molecule has 4 aromatic rings. The van der Waals surface area contributed by atoms with Gasteiger partial charge in [-0.1, -0.05) is 55.5 Å². The summed E-state index contributed by atoms with van der Waals surface area (Å²) in [5.41, 5.74) is 3.83. The molecule has 8 rings (SSSR count). The van der Waals surface area contributed by atoms with Crippen molar-refractivity contribution in [2.24, 2.45) is 0 Å². The van der Waals surface area contributed by atoms with Crippen molar-refractivity contribution >= 4 is 41.2 Å². The normalized spacial score (nSPS) is 19.0. The molecule has 61 heavy (non-hydrogen) atoms. The topological polar surface area (TPSA) is 158 Å². The fourth-order valence-electron chi connectivity index (χ4n) is 8.67. The number of likely N-dealkylation sites (tertiary alicyclic amines) is 1. The number of fused-ring (bicyclic) bond motifs is 1. The summed E-state index contributed by atoms with van der Waals surface area (Å²) in [4.78, 5) is 65.7. The molecule has 14 heteroatoms. The quantitative estimate of drug-likeness (QED) is 0.152. The first-order valence-electron chi connectivity index (χ1n) is 20.7. The van der Waals surface area contributed by atoms with Crippen LogP contribution in [-0.4, -0.2) is 94.4 Å². The van der Waals surface area contributed by atoms with Crippen molar-refractivity contribution in [1.82, 2.24) is 25.1 Å². The third-order valence-electron chi connectivity index (χ3n) is 12.2. The maximum Gasteiger partial charge on any atom is 0.263 e. The van der Waals surface area contributed by atoms with Crippen molar-refractivity contribution in [3.63, 3.8) is 0 Å². The highest BCUT2D eigenvalue weighted by Crippen LogP contribution is 2.35. The second-order valence-electron chi connectivity index (χ2n) is 16.4. The molecule has 0 saturated carbocycles. The molecule has 312 valence electrons. The maximum atomic E-state index is 13.4. The number of imide groups is 2. The van der Waals surface area contributed by atoms with Crippen LogP contribution in [0.2, 0.25) is 5.02 Å². The fourth-order valence-corrected chi connectivity index (χ4v) is 8.91. The van der Waals surface area contributed by atoms with Gasteiger partial charge in [0, 0.05) is 60.8 Å². The predicted molar refractivity (Wildman–Crippen MR) is 227 cm³/mol. The first-order chi connectivity index (χ1) is 29.5. The van der Waals surface area contributed by atoms with Crippen LogP contribution in [-0.2, 0) is 26.3 Å². The minimum Gasteiger partial charge on any atom is -0.487 e. The van der Waals surface area contributed by atoms with Gasteiger partial charge in [0.15, 0.2) is 0 Å². The van der Waals surface area contributed by atoms with Crippen molar-refractivity contribution < 1.29 is 28.7 Å². The number of halogens is 1. The highest BCUT2D eigenvalue weighted by Gasteiger charge is 2.45. The van der Waals surface area contributed by atoms with Gasteiger partial charge >= 0.3 is 0 Å². The molecule has 0 spiro atoms. The summed E-state index contributed by atoms with van der Waals surface area (Å²) in [6.45, 7) is 8.33. The standard InChI is InChI=1S/C47H46ClN7O6/c1-47(2,33-25-30(28-49)26-34(48)27-33)32-8-10-37(11-9-32)61-29-35-14-19-50-46(51-35)54-20-15-36(16-21-54)53-22-17-38(18-23-53)60-24-4-6-31-5-3-7-39-42(31)45(59)55(44(39)58)40-12-13-41(56)52-43(40)57/h3,5,7-11,14,19,25-27,36,38,40H,12-13,15-18,20-24,29H2,1-2H3,(H,52,56,57). The molecule has 1 aromatic heterocycles. The van der Waals surface area contributed by atoms with E-state index in [0.717, 1.165) is 79.3 Å². The average molecular weight is 840 g/mol. The zero-order chi connectivity index (χ0) is 42.7. The van der Waals surface area contributed by atoms with Crippen LogP contribution in [0.15, 0.2) is 72.9 Å². The van der Waals surface area contributed by atoms with Crippen molar-refractivity contribution in [1.29, 1.82) is 5.26 Å². The molecule has 3 fully saturated rings. The molecule has 1 N–H and O–H groups in total. The lowest BCUT2D eigenvalue weighted by molar-refractivity contribution is -0.136. The molecule has 4 amide bonds. The van der Waals surface area contributed by atoms with Gasteiger partial charge in [0.2, 0.25) is 17.8 Å². The van der Waals surface area contributed by atoms with E-state index in [4.69, 9.17) is 26.1 Å². The van der Waals surface area contributed by atoms with E-state index >= 15 is 0 Å². The molecule has 3 saturated heterocycles. The number of hydrogen-bond donors (Lipinski definition) is 1.